The molecule has 0 fully saturated rings. The summed E-state index contributed by atoms with van der Waals surface area (Å²) in [7, 11) is 0. The predicted molar refractivity (Wildman–Crippen MR) is 148 cm³/mol. The Morgan fingerprint density at radius 2 is 1.84 bits per heavy atom. The zero-order chi connectivity index (χ0) is 25.4. The normalized spacial score (nSPS) is 14.7. The van der Waals surface area contributed by atoms with E-state index in [9.17, 15) is 4.79 Å². The van der Waals surface area contributed by atoms with Crippen LogP contribution in [0.3, 0.4) is 0 Å². The molecule has 5 aromatic rings. The van der Waals surface area contributed by atoms with Gasteiger partial charge < -0.3 is 14.0 Å². The first-order valence-corrected chi connectivity index (χ1v) is 13.9. The number of carbonyl (C=O) groups excluding carboxylic acids is 1. The highest BCUT2D eigenvalue weighted by Crippen LogP contribution is 2.36. The molecule has 1 atom stereocenters. The SMILES string of the molecule is Cc1cc(C(=O)CSc2ncnc3sc(-c4ccccc4)cc23)c(C)n1CC1COc2ccccc2O1. The molecular weight excluding hydrogens is 502 g/mol. The number of Topliss-reactive ketones (excluding diaryl/α,β-unsaturated/α-hetero) is 1. The number of benzene rings is 2. The van der Waals surface area contributed by atoms with Gasteiger partial charge in [-0.05, 0) is 43.7 Å². The second kappa shape index (κ2) is 10.0. The first-order valence-electron chi connectivity index (χ1n) is 12.1. The van der Waals surface area contributed by atoms with Crippen molar-refractivity contribution >= 4 is 39.1 Å². The molecule has 4 heterocycles. The third kappa shape index (κ3) is 4.74. The van der Waals surface area contributed by atoms with Gasteiger partial charge in [0, 0.05) is 27.2 Å². The van der Waals surface area contributed by atoms with E-state index >= 15 is 0 Å². The lowest BCUT2D eigenvalue weighted by Gasteiger charge is -2.27. The average Bonchev–Trinajstić information content (AvgIpc) is 3.49. The molecule has 1 unspecified atom stereocenters. The molecular formula is C29H25N3O3S2. The maximum atomic E-state index is 13.3. The largest absolute Gasteiger partial charge is 0.486 e. The highest BCUT2D eigenvalue weighted by atomic mass is 32.2. The zero-order valence-corrected chi connectivity index (χ0v) is 22.1. The number of para-hydroxylation sites is 2. The molecule has 0 bridgehead atoms. The molecule has 0 aliphatic carbocycles. The Morgan fingerprint density at radius 3 is 2.68 bits per heavy atom. The van der Waals surface area contributed by atoms with Crippen LogP contribution in [-0.4, -0.2) is 38.8 Å². The predicted octanol–water partition coefficient (Wildman–Crippen LogP) is 6.59. The highest BCUT2D eigenvalue weighted by molar-refractivity contribution is 8.00. The fourth-order valence-corrected chi connectivity index (χ4v) is 6.55. The van der Waals surface area contributed by atoms with Crippen molar-refractivity contribution in [3.05, 3.63) is 90.0 Å². The summed E-state index contributed by atoms with van der Waals surface area (Å²) in [6.07, 6.45) is 1.46. The van der Waals surface area contributed by atoms with E-state index in [0.29, 0.717) is 18.9 Å². The third-order valence-electron chi connectivity index (χ3n) is 6.52. The van der Waals surface area contributed by atoms with Crippen LogP contribution in [0.4, 0.5) is 0 Å². The second-order valence-electron chi connectivity index (χ2n) is 8.98. The van der Waals surface area contributed by atoms with Crippen LogP contribution < -0.4 is 9.47 Å². The zero-order valence-electron chi connectivity index (χ0n) is 20.5. The number of aromatic nitrogens is 3. The van der Waals surface area contributed by atoms with Crippen molar-refractivity contribution in [2.24, 2.45) is 0 Å². The van der Waals surface area contributed by atoms with E-state index in [2.05, 4.69) is 32.7 Å². The van der Waals surface area contributed by atoms with Gasteiger partial charge in [-0.1, -0.05) is 54.2 Å². The number of thioether (sulfide) groups is 1. The van der Waals surface area contributed by atoms with E-state index < -0.39 is 0 Å². The van der Waals surface area contributed by atoms with Crippen LogP contribution in [0.25, 0.3) is 20.7 Å². The van der Waals surface area contributed by atoms with Gasteiger partial charge in [0.2, 0.25) is 0 Å². The first kappa shape index (κ1) is 23.8. The lowest BCUT2D eigenvalue weighted by Crippen LogP contribution is -2.33. The molecule has 2 aromatic carbocycles. The van der Waals surface area contributed by atoms with E-state index in [1.54, 1.807) is 17.7 Å². The third-order valence-corrected chi connectivity index (χ3v) is 8.62. The quantitative estimate of drug-likeness (QED) is 0.135. The van der Waals surface area contributed by atoms with Gasteiger partial charge in [-0.15, -0.1) is 11.3 Å². The van der Waals surface area contributed by atoms with Gasteiger partial charge in [0.15, 0.2) is 23.4 Å². The number of aryl methyl sites for hydroxylation is 1. The van der Waals surface area contributed by atoms with Crippen LogP contribution in [0.5, 0.6) is 11.5 Å². The van der Waals surface area contributed by atoms with Crippen LogP contribution in [0.15, 0.2) is 78.1 Å². The molecule has 1 aliphatic rings. The van der Waals surface area contributed by atoms with E-state index in [1.165, 1.54) is 11.8 Å². The van der Waals surface area contributed by atoms with E-state index in [4.69, 9.17) is 9.47 Å². The standard InChI is InChI=1S/C29H25N3O3S2/c1-18-12-22(19(2)32(18)14-21-15-34-25-10-6-7-11-26(25)35-21)24(33)16-36-28-23-13-27(20-8-4-3-5-9-20)37-29(23)31-17-30-28/h3-13,17,21H,14-16H2,1-2H3. The first-order chi connectivity index (χ1) is 18.1. The van der Waals surface area contributed by atoms with Gasteiger partial charge in [-0.3, -0.25) is 4.79 Å². The Balaban J connectivity index is 1.17. The van der Waals surface area contributed by atoms with Crippen LogP contribution in [0, 0.1) is 13.8 Å². The molecule has 6 rings (SSSR count). The molecule has 0 saturated carbocycles. The molecule has 8 heteroatoms. The van der Waals surface area contributed by atoms with Gasteiger partial charge in [0.1, 0.15) is 22.8 Å². The van der Waals surface area contributed by atoms with E-state index in [-0.39, 0.29) is 11.9 Å². The van der Waals surface area contributed by atoms with Crippen LogP contribution in [0.1, 0.15) is 21.7 Å². The number of ketones is 1. The minimum absolute atomic E-state index is 0.0841. The second-order valence-corrected chi connectivity index (χ2v) is 11.0. The maximum absolute atomic E-state index is 13.3. The highest BCUT2D eigenvalue weighted by Gasteiger charge is 2.24. The minimum Gasteiger partial charge on any atom is -0.486 e. The topological polar surface area (TPSA) is 66.2 Å². The van der Waals surface area contributed by atoms with Gasteiger partial charge >= 0.3 is 0 Å². The molecule has 186 valence electrons. The number of ether oxygens (including phenoxy) is 2. The van der Waals surface area contributed by atoms with Crippen molar-refractivity contribution in [3.8, 4) is 21.9 Å². The molecule has 0 saturated heterocycles. The van der Waals surface area contributed by atoms with Crippen molar-refractivity contribution in [1.82, 2.24) is 14.5 Å². The fourth-order valence-electron chi connectivity index (χ4n) is 4.63. The summed E-state index contributed by atoms with van der Waals surface area (Å²) in [5.74, 6) is 1.92. The molecule has 0 radical (unpaired) electrons. The Bertz CT molecular complexity index is 1590. The Kier molecular flexibility index (Phi) is 6.44. The fraction of sp³-hybridized carbons (Fsp3) is 0.207. The lowest BCUT2D eigenvalue weighted by molar-refractivity contribution is 0.0777. The number of carbonyl (C=O) groups is 1. The molecule has 3 aromatic heterocycles. The smallest absolute Gasteiger partial charge is 0.174 e. The maximum Gasteiger partial charge on any atom is 0.174 e. The number of nitrogens with zero attached hydrogens (tertiary/aromatic N) is 3. The van der Waals surface area contributed by atoms with Crippen molar-refractivity contribution < 1.29 is 14.3 Å². The average molecular weight is 528 g/mol. The molecule has 37 heavy (non-hydrogen) atoms. The van der Waals surface area contributed by atoms with Gasteiger partial charge in [0.25, 0.3) is 0 Å². The summed E-state index contributed by atoms with van der Waals surface area (Å²) in [5, 5.41) is 1.82. The van der Waals surface area contributed by atoms with Crippen molar-refractivity contribution in [3.63, 3.8) is 0 Å². The van der Waals surface area contributed by atoms with Crippen LogP contribution in [0.2, 0.25) is 0 Å². The van der Waals surface area contributed by atoms with E-state index in [0.717, 1.165) is 54.1 Å². The number of fused-ring (bicyclic) bond motifs is 2. The number of hydrogen-bond donors (Lipinski definition) is 0. The van der Waals surface area contributed by atoms with E-state index in [1.807, 2.05) is 62.4 Å². The monoisotopic (exact) mass is 527 g/mol. The summed E-state index contributed by atoms with van der Waals surface area (Å²) in [4.78, 5) is 24.3. The summed E-state index contributed by atoms with van der Waals surface area (Å²) in [5.41, 5.74) is 3.87. The number of thiophene rings is 1. The molecule has 6 nitrogen and oxygen atoms in total. The van der Waals surface area contributed by atoms with Crippen LogP contribution in [-0.2, 0) is 6.54 Å². The van der Waals surface area contributed by atoms with Crippen LogP contribution >= 0.6 is 23.1 Å². The summed E-state index contributed by atoms with van der Waals surface area (Å²) >= 11 is 3.11. The Hall–Kier alpha value is -3.62. The minimum atomic E-state index is -0.122. The summed E-state index contributed by atoms with van der Waals surface area (Å²) in [6.45, 7) is 5.12. The molecule has 0 amide bonds. The van der Waals surface area contributed by atoms with Gasteiger partial charge in [-0.25, -0.2) is 9.97 Å². The van der Waals surface area contributed by atoms with Gasteiger partial charge in [-0.2, -0.15) is 0 Å². The molecule has 1 aliphatic heterocycles. The van der Waals surface area contributed by atoms with Crippen molar-refractivity contribution in [2.45, 2.75) is 31.5 Å². The Labute approximate surface area is 223 Å². The van der Waals surface area contributed by atoms with Gasteiger partial charge in [0.05, 0.1) is 12.3 Å². The molecule has 0 N–H and O–H groups in total. The lowest BCUT2D eigenvalue weighted by atomic mass is 10.2. The number of hydrogen-bond acceptors (Lipinski definition) is 7. The van der Waals surface area contributed by atoms with Crippen molar-refractivity contribution in [2.75, 3.05) is 12.4 Å². The summed E-state index contributed by atoms with van der Waals surface area (Å²) in [6, 6.07) is 22.1. The Morgan fingerprint density at radius 1 is 1.05 bits per heavy atom. The molecule has 0 spiro atoms. The van der Waals surface area contributed by atoms with Crippen molar-refractivity contribution in [1.29, 1.82) is 0 Å². The summed E-state index contributed by atoms with van der Waals surface area (Å²) < 4.78 is 14.2. The number of rotatable bonds is 7.